The molecule has 4 nitrogen and oxygen atoms in total. The summed E-state index contributed by atoms with van der Waals surface area (Å²) in [6.45, 7) is 0.322. The second-order valence-corrected chi connectivity index (χ2v) is 3.12. The van der Waals surface area contributed by atoms with Crippen molar-refractivity contribution in [1.82, 2.24) is 10.6 Å². The molecule has 1 aromatic rings. The zero-order chi connectivity index (χ0) is 9.97. The lowest BCUT2D eigenvalue weighted by molar-refractivity contribution is 0.174. The average molecular weight is 194 g/mol. The summed E-state index contributed by atoms with van der Waals surface area (Å²) in [5.74, 6) is 1.64. The van der Waals surface area contributed by atoms with Crippen molar-refractivity contribution >= 4 is 0 Å². The van der Waals surface area contributed by atoms with Crippen molar-refractivity contribution < 1.29 is 9.47 Å². The predicted molar refractivity (Wildman–Crippen MR) is 53.4 cm³/mol. The molecule has 1 aliphatic heterocycles. The van der Waals surface area contributed by atoms with Crippen molar-refractivity contribution in [2.24, 2.45) is 0 Å². The SMILES string of the molecule is CNC(NC)c1ccc2c(c1)OCO2. The van der Waals surface area contributed by atoms with Gasteiger partial charge in [0.2, 0.25) is 6.79 Å². The number of ether oxygens (including phenoxy) is 2. The largest absolute Gasteiger partial charge is 0.454 e. The molecule has 0 saturated heterocycles. The molecule has 76 valence electrons. The zero-order valence-corrected chi connectivity index (χ0v) is 8.33. The van der Waals surface area contributed by atoms with Gasteiger partial charge in [-0.1, -0.05) is 6.07 Å². The Bertz CT molecular complexity index is 324. The van der Waals surface area contributed by atoms with E-state index in [4.69, 9.17) is 9.47 Å². The van der Waals surface area contributed by atoms with E-state index in [0.29, 0.717) is 6.79 Å². The van der Waals surface area contributed by atoms with Gasteiger partial charge in [0.05, 0.1) is 6.17 Å². The monoisotopic (exact) mass is 194 g/mol. The first-order chi connectivity index (χ1) is 6.85. The highest BCUT2D eigenvalue weighted by molar-refractivity contribution is 5.45. The van der Waals surface area contributed by atoms with Crippen molar-refractivity contribution in [3.8, 4) is 11.5 Å². The molecular weight excluding hydrogens is 180 g/mol. The summed E-state index contributed by atoms with van der Waals surface area (Å²) in [6.07, 6.45) is 0.143. The molecule has 0 aromatic heterocycles. The maximum absolute atomic E-state index is 5.30. The Kier molecular flexibility index (Phi) is 2.56. The third kappa shape index (κ3) is 1.54. The van der Waals surface area contributed by atoms with E-state index in [1.165, 1.54) is 0 Å². The minimum absolute atomic E-state index is 0.143. The van der Waals surface area contributed by atoms with Crippen LogP contribution < -0.4 is 20.1 Å². The first-order valence-electron chi connectivity index (χ1n) is 4.59. The summed E-state index contributed by atoms with van der Waals surface area (Å²) in [5, 5.41) is 6.30. The Morgan fingerprint density at radius 2 is 1.86 bits per heavy atom. The molecule has 0 saturated carbocycles. The summed E-state index contributed by atoms with van der Waals surface area (Å²) in [6, 6.07) is 5.94. The van der Waals surface area contributed by atoms with E-state index in [2.05, 4.69) is 10.6 Å². The maximum Gasteiger partial charge on any atom is 0.231 e. The summed E-state index contributed by atoms with van der Waals surface area (Å²) < 4.78 is 10.5. The first-order valence-corrected chi connectivity index (χ1v) is 4.59. The lowest BCUT2D eigenvalue weighted by Gasteiger charge is -2.15. The molecule has 0 bridgehead atoms. The summed E-state index contributed by atoms with van der Waals surface area (Å²) in [7, 11) is 3.82. The fourth-order valence-electron chi connectivity index (χ4n) is 1.57. The molecular formula is C10H14N2O2. The van der Waals surface area contributed by atoms with Gasteiger partial charge in [0.25, 0.3) is 0 Å². The first kappa shape index (κ1) is 9.30. The Labute approximate surface area is 83.2 Å². The van der Waals surface area contributed by atoms with Gasteiger partial charge in [-0.05, 0) is 31.8 Å². The van der Waals surface area contributed by atoms with Gasteiger partial charge in [-0.3, -0.25) is 0 Å². The zero-order valence-electron chi connectivity index (χ0n) is 8.33. The summed E-state index contributed by atoms with van der Waals surface area (Å²) in [5.41, 5.74) is 1.14. The average Bonchev–Trinajstić information content (AvgIpc) is 2.66. The molecule has 14 heavy (non-hydrogen) atoms. The summed E-state index contributed by atoms with van der Waals surface area (Å²) in [4.78, 5) is 0. The molecule has 1 heterocycles. The van der Waals surface area contributed by atoms with Gasteiger partial charge in [0.15, 0.2) is 11.5 Å². The minimum Gasteiger partial charge on any atom is -0.454 e. The molecule has 0 fully saturated rings. The van der Waals surface area contributed by atoms with Gasteiger partial charge in [0, 0.05) is 0 Å². The second kappa shape index (κ2) is 3.86. The summed E-state index contributed by atoms with van der Waals surface area (Å²) >= 11 is 0. The predicted octanol–water partition coefficient (Wildman–Crippen LogP) is 0.853. The molecule has 2 rings (SSSR count). The quantitative estimate of drug-likeness (QED) is 0.700. The van der Waals surface area contributed by atoms with E-state index in [9.17, 15) is 0 Å². The highest BCUT2D eigenvalue weighted by Crippen LogP contribution is 2.33. The molecule has 0 aliphatic carbocycles. The van der Waals surface area contributed by atoms with Crippen LogP contribution >= 0.6 is 0 Å². The molecule has 0 spiro atoms. The van der Waals surface area contributed by atoms with Crippen molar-refractivity contribution in [1.29, 1.82) is 0 Å². The Morgan fingerprint density at radius 1 is 1.14 bits per heavy atom. The van der Waals surface area contributed by atoms with E-state index in [1.807, 2.05) is 32.3 Å². The number of rotatable bonds is 3. The van der Waals surface area contributed by atoms with E-state index in [0.717, 1.165) is 17.1 Å². The topological polar surface area (TPSA) is 42.5 Å². The molecule has 0 radical (unpaired) electrons. The standard InChI is InChI=1S/C10H14N2O2/c1-11-10(12-2)7-3-4-8-9(5-7)14-6-13-8/h3-5,10-12H,6H2,1-2H3. The highest BCUT2D eigenvalue weighted by atomic mass is 16.7. The van der Waals surface area contributed by atoms with Gasteiger partial charge >= 0.3 is 0 Å². The molecule has 0 atom stereocenters. The fraction of sp³-hybridized carbons (Fsp3) is 0.400. The van der Waals surface area contributed by atoms with Gasteiger partial charge in [-0.2, -0.15) is 0 Å². The van der Waals surface area contributed by atoms with E-state index >= 15 is 0 Å². The normalized spacial score (nSPS) is 13.6. The van der Waals surface area contributed by atoms with Crippen LogP contribution in [0.5, 0.6) is 11.5 Å². The van der Waals surface area contributed by atoms with Crippen molar-refractivity contribution in [2.45, 2.75) is 6.17 Å². The number of hydrogen-bond donors (Lipinski definition) is 2. The molecule has 1 aliphatic rings. The maximum atomic E-state index is 5.30. The van der Waals surface area contributed by atoms with Gasteiger partial charge in [-0.15, -0.1) is 0 Å². The van der Waals surface area contributed by atoms with Crippen LogP contribution in [0.25, 0.3) is 0 Å². The van der Waals surface area contributed by atoms with Crippen LogP contribution in [-0.2, 0) is 0 Å². The Hall–Kier alpha value is -1.26. The Morgan fingerprint density at radius 3 is 2.57 bits per heavy atom. The number of nitrogens with one attached hydrogen (secondary N) is 2. The van der Waals surface area contributed by atoms with Crippen molar-refractivity contribution in [3.63, 3.8) is 0 Å². The molecule has 0 unspecified atom stereocenters. The molecule has 4 heteroatoms. The van der Waals surface area contributed by atoms with Gasteiger partial charge < -0.3 is 20.1 Å². The third-order valence-electron chi connectivity index (χ3n) is 2.31. The van der Waals surface area contributed by atoms with Gasteiger partial charge in [0.1, 0.15) is 0 Å². The van der Waals surface area contributed by atoms with Gasteiger partial charge in [-0.25, -0.2) is 0 Å². The van der Waals surface area contributed by atoms with Crippen LogP contribution in [0.3, 0.4) is 0 Å². The highest BCUT2D eigenvalue weighted by Gasteiger charge is 2.15. The Balaban J connectivity index is 2.27. The molecule has 1 aromatic carbocycles. The van der Waals surface area contributed by atoms with Crippen LogP contribution in [0.15, 0.2) is 18.2 Å². The smallest absolute Gasteiger partial charge is 0.231 e. The van der Waals surface area contributed by atoms with Crippen LogP contribution in [0.4, 0.5) is 0 Å². The third-order valence-corrected chi connectivity index (χ3v) is 2.31. The van der Waals surface area contributed by atoms with Crippen LogP contribution in [0.1, 0.15) is 11.7 Å². The van der Waals surface area contributed by atoms with Crippen molar-refractivity contribution in [2.75, 3.05) is 20.9 Å². The van der Waals surface area contributed by atoms with Crippen LogP contribution in [-0.4, -0.2) is 20.9 Å². The second-order valence-electron chi connectivity index (χ2n) is 3.12. The molecule has 2 N–H and O–H groups in total. The van der Waals surface area contributed by atoms with E-state index in [-0.39, 0.29) is 6.17 Å². The lowest BCUT2D eigenvalue weighted by atomic mass is 10.1. The number of fused-ring (bicyclic) bond motifs is 1. The lowest BCUT2D eigenvalue weighted by Crippen LogP contribution is -2.28. The van der Waals surface area contributed by atoms with Crippen LogP contribution in [0, 0.1) is 0 Å². The minimum atomic E-state index is 0.143. The van der Waals surface area contributed by atoms with E-state index < -0.39 is 0 Å². The number of benzene rings is 1. The molecule has 0 amide bonds. The van der Waals surface area contributed by atoms with E-state index in [1.54, 1.807) is 0 Å². The van der Waals surface area contributed by atoms with Crippen molar-refractivity contribution in [3.05, 3.63) is 23.8 Å². The number of hydrogen-bond acceptors (Lipinski definition) is 4. The van der Waals surface area contributed by atoms with Crippen LogP contribution in [0.2, 0.25) is 0 Å². The fourth-order valence-corrected chi connectivity index (χ4v) is 1.57.